The minimum atomic E-state index is -0.492. The lowest BCUT2D eigenvalue weighted by molar-refractivity contribution is -0.122. The summed E-state index contributed by atoms with van der Waals surface area (Å²) in [5.74, 6) is 0.730. The number of benzene rings is 2. The molecule has 3 aromatic rings. The molecule has 0 spiro atoms. The summed E-state index contributed by atoms with van der Waals surface area (Å²) in [6.45, 7) is 1.68. The van der Waals surface area contributed by atoms with Crippen LogP contribution in [0.4, 0.5) is 5.69 Å². The van der Waals surface area contributed by atoms with E-state index in [4.69, 9.17) is 0 Å². The molecule has 1 aromatic heterocycles. The van der Waals surface area contributed by atoms with Gasteiger partial charge in [0, 0.05) is 18.3 Å². The zero-order valence-electron chi connectivity index (χ0n) is 15.4. The van der Waals surface area contributed by atoms with E-state index < -0.39 is 5.41 Å². The molecule has 0 unspecified atom stereocenters. The molecule has 0 saturated carbocycles. The third-order valence-corrected chi connectivity index (χ3v) is 5.22. The molecule has 1 aliphatic rings. The van der Waals surface area contributed by atoms with Crippen molar-refractivity contribution in [3.63, 3.8) is 0 Å². The van der Waals surface area contributed by atoms with Crippen LogP contribution in [0, 0.1) is 0 Å². The number of carbonyl (C=O) groups excluding carboxylic acids is 1. The number of rotatable bonds is 4. The van der Waals surface area contributed by atoms with E-state index in [1.54, 1.807) is 11.0 Å². The first kappa shape index (κ1) is 17.4. The van der Waals surface area contributed by atoms with Gasteiger partial charge in [0.1, 0.15) is 6.33 Å². The van der Waals surface area contributed by atoms with Crippen LogP contribution in [0.1, 0.15) is 18.4 Å². The van der Waals surface area contributed by atoms with Crippen LogP contribution in [0.3, 0.4) is 0 Å². The number of carbonyl (C=O) groups is 1. The van der Waals surface area contributed by atoms with E-state index in [9.17, 15) is 4.79 Å². The topological polar surface area (TPSA) is 71.8 Å². The molecule has 4 rings (SSSR count). The quantitative estimate of drug-likeness (QED) is 0.750. The average molecular weight is 361 g/mol. The van der Waals surface area contributed by atoms with Crippen molar-refractivity contribution < 1.29 is 4.79 Å². The lowest BCUT2D eigenvalue weighted by Gasteiger charge is -2.36. The summed E-state index contributed by atoms with van der Waals surface area (Å²) < 4.78 is 1.67. The van der Waals surface area contributed by atoms with Crippen LogP contribution in [-0.4, -0.2) is 33.8 Å². The summed E-state index contributed by atoms with van der Waals surface area (Å²) in [5, 5.41) is 10.8. The van der Waals surface area contributed by atoms with Crippen LogP contribution in [0.25, 0.3) is 11.4 Å². The van der Waals surface area contributed by atoms with Crippen molar-refractivity contribution in [2.24, 2.45) is 7.05 Å². The van der Waals surface area contributed by atoms with Gasteiger partial charge in [0.15, 0.2) is 5.82 Å². The van der Waals surface area contributed by atoms with E-state index in [1.165, 1.54) is 0 Å². The number of nitrogens with zero attached hydrogens (tertiary/aromatic N) is 3. The van der Waals surface area contributed by atoms with Gasteiger partial charge in [0.25, 0.3) is 0 Å². The Bertz CT molecular complexity index is 911. The molecule has 2 N–H and O–H groups in total. The van der Waals surface area contributed by atoms with Crippen LogP contribution < -0.4 is 10.6 Å². The fourth-order valence-electron chi connectivity index (χ4n) is 3.68. The highest BCUT2D eigenvalue weighted by atomic mass is 16.2. The third-order valence-electron chi connectivity index (χ3n) is 5.22. The fraction of sp³-hybridized carbons (Fsp3) is 0.286. The first-order valence-corrected chi connectivity index (χ1v) is 9.21. The fourth-order valence-corrected chi connectivity index (χ4v) is 3.68. The smallest absolute Gasteiger partial charge is 0.235 e. The van der Waals surface area contributed by atoms with Crippen molar-refractivity contribution in [1.82, 2.24) is 20.1 Å². The molecule has 0 atom stereocenters. The zero-order chi connectivity index (χ0) is 18.7. The maximum atomic E-state index is 13.3. The lowest BCUT2D eigenvalue weighted by atomic mass is 9.72. The van der Waals surface area contributed by atoms with Crippen molar-refractivity contribution in [2.45, 2.75) is 18.3 Å². The molecule has 27 heavy (non-hydrogen) atoms. The molecule has 2 aromatic carbocycles. The lowest BCUT2D eigenvalue weighted by Crippen LogP contribution is -2.48. The predicted molar refractivity (Wildman–Crippen MR) is 105 cm³/mol. The zero-order valence-corrected chi connectivity index (χ0v) is 15.4. The second-order valence-electron chi connectivity index (χ2n) is 6.97. The Morgan fingerprint density at radius 1 is 1.07 bits per heavy atom. The van der Waals surface area contributed by atoms with E-state index in [0.717, 1.165) is 42.7 Å². The number of hydrogen-bond acceptors (Lipinski definition) is 4. The second-order valence-corrected chi connectivity index (χ2v) is 6.97. The van der Waals surface area contributed by atoms with Gasteiger partial charge in [-0.25, -0.2) is 4.98 Å². The monoisotopic (exact) mass is 361 g/mol. The molecular formula is C21H23N5O. The minimum absolute atomic E-state index is 0.0545. The molecule has 6 nitrogen and oxygen atoms in total. The standard InChI is InChI=1S/C21H23N5O/c1-26-15-23-19(25-26)16-7-9-18(10-8-16)24-20(27)21(11-13-22-14-12-21)17-5-3-2-4-6-17/h2-10,15,22H,11-14H2,1H3,(H,24,27). The SMILES string of the molecule is Cn1cnc(-c2ccc(NC(=O)C3(c4ccccc4)CCNCC3)cc2)n1. The molecule has 6 heteroatoms. The first-order valence-electron chi connectivity index (χ1n) is 9.21. The van der Waals surface area contributed by atoms with Gasteiger partial charge < -0.3 is 10.6 Å². The van der Waals surface area contributed by atoms with E-state index in [0.29, 0.717) is 5.82 Å². The van der Waals surface area contributed by atoms with Gasteiger partial charge in [-0.2, -0.15) is 5.10 Å². The van der Waals surface area contributed by atoms with Crippen molar-refractivity contribution in [3.05, 3.63) is 66.5 Å². The molecule has 0 aliphatic carbocycles. The summed E-state index contributed by atoms with van der Waals surface area (Å²) in [6, 6.07) is 17.8. The van der Waals surface area contributed by atoms with Gasteiger partial charge in [-0.05, 0) is 55.8 Å². The van der Waals surface area contributed by atoms with Crippen LogP contribution in [0.2, 0.25) is 0 Å². The Balaban J connectivity index is 1.56. The molecule has 2 heterocycles. The summed E-state index contributed by atoms with van der Waals surface area (Å²) in [4.78, 5) is 17.5. The van der Waals surface area contributed by atoms with E-state index >= 15 is 0 Å². The van der Waals surface area contributed by atoms with Crippen molar-refractivity contribution in [1.29, 1.82) is 0 Å². The van der Waals surface area contributed by atoms with Gasteiger partial charge >= 0.3 is 0 Å². The molecule has 0 radical (unpaired) electrons. The largest absolute Gasteiger partial charge is 0.325 e. The number of amides is 1. The van der Waals surface area contributed by atoms with Crippen molar-refractivity contribution in [2.75, 3.05) is 18.4 Å². The Labute approximate surface area is 158 Å². The molecule has 138 valence electrons. The maximum Gasteiger partial charge on any atom is 0.235 e. The average Bonchev–Trinajstić information content (AvgIpc) is 3.16. The summed E-state index contributed by atoms with van der Waals surface area (Å²) in [5.41, 5.74) is 2.30. The van der Waals surface area contributed by atoms with Gasteiger partial charge in [-0.15, -0.1) is 0 Å². The van der Waals surface area contributed by atoms with E-state index in [2.05, 4.69) is 32.8 Å². The van der Waals surface area contributed by atoms with Crippen LogP contribution >= 0.6 is 0 Å². The number of nitrogens with one attached hydrogen (secondary N) is 2. The van der Waals surface area contributed by atoms with Gasteiger partial charge in [-0.1, -0.05) is 30.3 Å². The second kappa shape index (κ2) is 7.32. The summed E-state index contributed by atoms with van der Waals surface area (Å²) in [6.07, 6.45) is 3.25. The van der Waals surface area contributed by atoms with Crippen molar-refractivity contribution in [3.8, 4) is 11.4 Å². The third kappa shape index (κ3) is 3.48. The minimum Gasteiger partial charge on any atom is -0.325 e. The Morgan fingerprint density at radius 2 is 1.78 bits per heavy atom. The molecule has 1 fully saturated rings. The normalized spacial score (nSPS) is 16.0. The first-order chi connectivity index (χ1) is 13.2. The maximum absolute atomic E-state index is 13.3. The highest BCUT2D eigenvalue weighted by Gasteiger charge is 2.41. The highest BCUT2D eigenvalue weighted by molar-refractivity contribution is 5.99. The number of hydrogen-bond donors (Lipinski definition) is 2. The highest BCUT2D eigenvalue weighted by Crippen LogP contribution is 2.35. The van der Waals surface area contributed by atoms with Gasteiger partial charge in [-0.3, -0.25) is 9.48 Å². The van der Waals surface area contributed by atoms with Crippen LogP contribution in [0.5, 0.6) is 0 Å². The molecule has 1 saturated heterocycles. The molecule has 0 bridgehead atoms. The molecule has 1 amide bonds. The van der Waals surface area contributed by atoms with Crippen molar-refractivity contribution >= 4 is 11.6 Å². The Kier molecular flexibility index (Phi) is 4.73. The van der Waals surface area contributed by atoms with Crippen LogP contribution in [-0.2, 0) is 17.3 Å². The van der Waals surface area contributed by atoms with Gasteiger partial charge in [0.2, 0.25) is 5.91 Å². The number of piperidine rings is 1. The summed E-state index contributed by atoms with van der Waals surface area (Å²) in [7, 11) is 1.84. The number of anilines is 1. The number of aryl methyl sites for hydroxylation is 1. The molecular weight excluding hydrogens is 338 g/mol. The van der Waals surface area contributed by atoms with E-state index in [-0.39, 0.29) is 5.91 Å². The van der Waals surface area contributed by atoms with E-state index in [1.807, 2.05) is 49.5 Å². The predicted octanol–water partition coefficient (Wildman–Crippen LogP) is 2.74. The molecule has 1 aliphatic heterocycles. The number of aromatic nitrogens is 3. The summed E-state index contributed by atoms with van der Waals surface area (Å²) >= 11 is 0. The Hall–Kier alpha value is -2.99. The van der Waals surface area contributed by atoms with Gasteiger partial charge in [0.05, 0.1) is 5.41 Å². The Morgan fingerprint density at radius 3 is 2.41 bits per heavy atom. The van der Waals surface area contributed by atoms with Crippen LogP contribution in [0.15, 0.2) is 60.9 Å².